The molecule has 0 N–H and O–H groups in total. The predicted molar refractivity (Wildman–Crippen MR) is 103 cm³/mol. The highest BCUT2D eigenvalue weighted by molar-refractivity contribution is 5.94. The van der Waals surface area contributed by atoms with Gasteiger partial charge in [0.1, 0.15) is 6.10 Å². The molecule has 2 fully saturated rings. The summed E-state index contributed by atoms with van der Waals surface area (Å²) in [6, 6.07) is 11.2. The van der Waals surface area contributed by atoms with Gasteiger partial charge in [-0.25, -0.2) is 0 Å². The summed E-state index contributed by atoms with van der Waals surface area (Å²) in [5.41, 5.74) is 1.82. The van der Waals surface area contributed by atoms with Crippen molar-refractivity contribution in [1.82, 2.24) is 15.1 Å². The maximum absolute atomic E-state index is 12.8. The first kappa shape index (κ1) is 18.5. The first-order valence-electron chi connectivity index (χ1n) is 9.49. The monoisotopic (exact) mass is 384 g/mol. The highest BCUT2D eigenvalue weighted by atomic mass is 16.5. The van der Waals surface area contributed by atoms with Crippen LogP contribution in [0.2, 0.25) is 0 Å². The third-order valence-electron chi connectivity index (χ3n) is 5.03. The summed E-state index contributed by atoms with van der Waals surface area (Å²) in [5, 5.41) is 7.88. The smallest absolute Gasteiger partial charge is 0.253 e. The lowest BCUT2D eigenvalue weighted by Crippen LogP contribution is -2.36. The van der Waals surface area contributed by atoms with Gasteiger partial charge < -0.3 is 24.0 Å². The van der Waals surface area contributed by atoms with Crippen molar-refractivity contribution in [2.24, 2.45) is 0 Å². The van der Waals surface area contributed by atoms with Crippen molar-refractivity contribution in [1.29, 1.82) is 0 Å². The number of hydrogen-bond donors (Lipinski definition) is 0. The number of morpholine rings is 1. The Morgan fingerprint density at radius 3 is 2.43 bits per heavy atom. The van der Waals surface area contributed by atoms with Crippen molar-refractivity contribution in [2.45, 2.75) is 12.5 Å². The lowest BCUT2D eigenvalue weighted by Gasteiger charge is -2.29. The number of benzene rings is 1. The van der Waals surface area contributed by atoms with Crippen LogP contribution >= 0.6 is 0 Å². The van der Waals surface area contributed by atoms with Crippen LogP contribution in [0.4, 0.5) is 5.69 Å². The van der Waals surface area contributed by atoms with E-state index in [2.05, 4.69) is 15.1 Å². The Bertz CT molecular complexity index is 791. The van der Waals surface area contributed by atoms with Gasteiger partial charge in [0.15, 0.2) is 0 Å². The van der Waals surface area contributed by atoms with Crippen LogP contribution in [0, 0.1) is 0 Å². The molecule has 1 aromatic carbocycles. The van der Waals surface area contributed by atoms with Gasteiger partial charge in [0.05, 0.1) is 26.9 Å². The molecule has 28 heavy (non-hydrogen) atoms. The fraction of sp³-hybridized carbons (Fsp3) is 0.450. The van der Waals surface area contributed by atoms with Crippen molar-refractivity contribution < 1.29 is 19.0 Å². The molecular formula is C20H24N4O4. The first-order chi connectivity index (χ1) is 13.7. The zero-order valence-electron chi connectivity index (χ0n) is 15.9. The molecule has 2 aliphatic heterocycles. The largest absolute Gasteiger partial charge is 0.480 e. The highest BCUT2D eigenvalue weighted by Gasteiger charge is 2.28. The molecule has 1 aromatic heterocycles. The minimum absolute atomic E-state index is 0.0282. The molecule has 0 unspecified atom stereocenters. The Labute approximate surface area is 164 Å². The van der Waals surface area contributed by atoms with Crippen molar-refractivity contribution in [3.05, 3.63) is 42.0 Å². The van der Waals surface area contributed by atoms with Gasteiger partial charge in [-0.15, -0.1) is 10.2 Å². The van der Waals surface area contributed by atoms with E-state index in [1.54, 1.807) is 19.2 Å². The van der Waals surface area contributed by atoms with Crippen molar-refractivity contribution in [3.63, 3.8) is 0 Å². The van der Waals surface area contributed by atoms with Crippen LogP contribution in [0.1, 0.15) is 16.8 Å². The lowest BCUT2D eigenvalue weighted by molar-refractivity contribution is 0.0771. The molecule has 1 amide bonds. The molecule has 0 radical (unpaired) electrons. The van der Waals surface area contributed by atoms with Crippen LogP contribution in [-0.2, 0) is 4.74 Å². The highest BCUT2D eigenvalue weighted by Crippen LogP contribution is 2.21. The van der Waals surface area contributed by atoms with E-state index in [0.29, 0.717) is 30.4 Å². The molecule has 148 valence electrons. The second-order valence-corrected chi connectivity index (χ2v) is 6.84. The van der Waals surface area contributed by atoms with E-state index >= 15 is 0 Å². The maximum Gasteiger partial charge on any atom is 0.253 e. The Morgan fingerprint density at radius 1 is 1.04 bits per heavy atom. The summed E-state index contributed by atoms with van der Waals surface area (Å²) in [7, 11) is 1.54. The summed E-state index contributed by atoms with van der Waals surface area (Å²) in [5.74, 6) is 0.909. The number of ether oxygens (including phenoxy) is 3. The van der Waals surface area contributed by atoms with Crippen LogP contribution in [0.15, 0.2) is 36.4 Å². The second-order valence-electron chi connectivity index (χ2n) is 6.84. The summed E-state index contributed by atoms with van der Waals surface area (Å²) in [4.78, 5) is 16.9. The molecule has 0 spiro atoms. The van der Waals surface area contributed by atoms with Gasteiger partial charge in [-0.1, -0.05) is 0 Å². The van der Waals surface area contributed by atoms with Crippen LogP contribution in [0.5, 0.6) is 11.8 Å². The van der Waals surface area contributed by atoms with Gasteiger partial charge in [-0.05, 0) is 24.3 Å². The van der Waals surface area contributed by atoms with Crippen molar-refractivity contribution >= 4 is 11.6 Å². The van der Waals surface area contributed by atoms with Crippen LogP contribution < -0.4 is 14.4 Å². The molecule has 2 aromatic rings. The average molecular weight is 384 g/mol. The molecule has 8 nitrogen and oxygen atoms in total. The standard InChI is InChI=1S/C20H24N4O4/c1-26-18-6-7-19(22-21-18)28-17-8-9-24(14-17)20(25)15-2-4-16(5-3-15)23-10-12-27-13-11-23/h2-7,17H,8-14H2,1H3/t17-/m0/s1. The number of amides is 1. The zero-order chi connectivity index (χ0) is 19.3. The number of anilines is 1. The van der Waals surface area contributed by atoms with E-state index in [0.717, 1.165) is 38.4 Å². The Balaban J connectivity index is 1.33. The van der Waals surface area contributed by atoms with Crippen LogP contribution in [0.3, 0.4) is 0 Å². The average Bonchev–Trinajstić information content (AvgIpc) is 3.23. The van der Waals surface area contributed by atoms with E-state index < -0.39 is 0 Å². The topological polar surface area (TPSA) is 77.0 Å². The van der Waals surface area contributed by atoms with Gasteiger partial charge in [0.2, 0.25) is 11.8 Å². The quantitative estimate of drug-likeness (QED) is 0.775. The van der Waals surface area contributed by atoms with Gasteiger partial charge in [-0.3, -0.25) is 4.79 Å². The number of aromatic nitrogens is 2. The summed E-state index contributed by atoms with van der Waals surface area (Å²) in [6.07, 6.45) is 0.685. The number of carbonyl (C=O) groups excluding carboxylic acids is 1. The molecular weight excluding hydrogens is 360 g/mol. The zero-order valence-corrected chi connectivity index (χ0v) is 15.9. The Hall–Kier alpha value is -2.87. The minimum atomic E-state index is -0.0840. The fourth-order valence-corrected chi connectivity index (χ4v) is 3.48. The summed E-state index contributed by atoms with van der Waals surface area (Å²) in [6.45, 7) is 4.46. The lowest BCUT2D eigenvalue weighted by atomic mass is 10.1. The third-order valence-corrected chi connectivity index (χ3v) is 5.03. The number of nitrogens with zero attached hydrogens (tertiary/aromatic N) is 4. The molecule has 0 bridgehead atoms. The van der Waals surface area contributed by atoms with Crippen molar-refractivity contribution in [3.8, 4) is 11.8 Å². The van der Waals surface area contributed by atoms with E-state index in [1.807, 2.05) is 29.2 Å². The molecule has 0 saturated carbocycles. The molecule has 8 heteroatoms. The first-order valence-corrected chi connectivity index (χ1v) is 9.49. The van der Waals surface area contributed by atoms with E-state index in [9.17, 15) is 4.79 Å². The summed E-state index contributed by atoms with van der Waals surface area (Å²) < 4.78 is 16.2. The number of likely N-dealkylation sites (tertiary alicyclic amines) is 1. The normalized spacial score (nSPS) is 19.5. The molecule has 4 rings (SSSR count). The third kappa shape index (κ3) is 4.17. The Morgan fingerprint density at radius 2 is 1.75 bits per heavy atom. The number of carbonyl (C=O) groups is 1. The molecule has 2 aliphatic rings. The minimum Gasteiger partial charge on any atom is -0.480 e. The van der Waals surface area contributed by atoms with E-state index in [-0.39, 0.29) is 12.0 Å². The SMILES string of the molecule is COc1ccc(O[C@H]2CCN(C(=O)c3ccc(N4CCOCC4)cc3)C2)nn1. The van der Waals surface area contributed by atoms with E-state index in [4.69, 9.17) is 14.2 Å². The molecule has 3 heterocycles. The van der Waals surface area contributed by atoms with Crippen LogP contribution in [0.25, 0.3) is 0 Å². The molecule has 1 atom stereocenters. The molecule has 0 aliphatic carbocycles. The fourth-order valence-electron chi connectivity index (χ4n) is 3.48. The molecule has 2 saturated heterocycles. The summed E-state index contributed by atoms with van der Waals surface area (Å²) >= 11 is 0. The van der Waals surface area contributed by atoms with Crippen molar-refractivity contribution in [2.75, 3.05) is 51.4 Å². The predicted octanol–water partition coefficient (Wildman–Crippen LogP) is 1.62. The maximum atomic E-state index is 12.8. The van der Waals surface area contributed by atoms with Gasteiger partial charge in [-0.2, -0.15) is 0 Å². The van der Waals surface area contributed by atoms with E-state index in [1.165, 1.54) is 0 Å². The van der Waals surface area contributed by atoms with Gasteiger partial charge >= 0.3 is 0 Å². The number of rotatable bonds is 5. The Kier molecular flexibility index (Phi) is 5.57. The van der Waals surface area contributed by atoms with Gasteiger partial charge in [0, 0.05) is 49.4 Å². The van der Waals surface area contributed by atoms with Gasteiger partial charge in [0.25, 0.3) is 5.91 Å². The van der Waals surface area contributed by atoms with Crippen LogP contribution in [-0.4, -0.2) is 73.6 Å². The second kappa shape index (κ2) is 8.43. The number of hydrogen-bond acceptors (Lipinski definition) is 7. The number of methoxy groups -OCH3 is 1.